The van der Waals surface area contributed by atoms with Gasteiger partial charge in [0, 0.05) is 26.1 Å². The summed E-state index contributed by atoms with van der Waals surface area (Å²) >= 11 is 5.54. The highest BCUT2D eigenvalue weighted by atomic mass is 32.2. The summed E-state index contributed by atoms with van der Waals surface area (Å²) in [6, 6.07) is 0. The van der Waals surface area contributed by atoms with Gasteiger partial charge >= 0.3 is 0 Å². The standard InChI is InChI=1S/C16H30N4O2S2/c1-12(2)8-19(9-13(3)4)11-20-16(23)18(5)15(17-20)14-6-7-24(21,22)10-14/h12-14H,6-11H2,1-5H3. The molecule has 0 N–H and O–H groups in total. The lowest BCUT2D eigenvalue weighted by Crippen LogP contribution is -2.33. The summed E-state index contributed by atoms with van der Waals surface area (Å²) in [5.41, 5.74) is 0. The van der Waals surface area contributed by atoms with Crippen LogP contribution in [0, 0.1) is 16.6 Å². The Hall–Kier alpha value is -0.730. The van der Waals surface area contributed by atoms with Gasteiger partial charge in [0.25, 0.3) is 0 Å². The van der Waals surface area contributed by atoms with Gasteiger partial charge in [-0.3, -0.25) is 4.90 Å². The maximum atomic E-state index is 11.8. The van der Waals surface area contributed by atoms with Gasteiger partial charge in [0.2, 0.25) is 0 Å². The lowest BCUT2D eigenvalue weighted by molar-refractivity contribution is 0.164. The zero-order valence-electron chi connectivity index (χ0n) is 15.4. The molecule has 0 radical (unpaired) electrons. The maximum absolute atomic E-state index is 11.8. The summed E-state index contributed by atoms with van der Waals surface area (Å²) in [5.74, 6) is 2.35. The highest BCUT2D eigenvalue weighted by Crippen LogP contribution is 2.27. The second-order valence-corrected chi connectivity index (χ2v) is 10.4. The number of rotatable bonds is 7. The summed E-state index contributed by atoms with van der Waals surface area (Å²) in [4.78, 5) is 2.37. The smallest absolute Gasteiger partial charge is 0.198 e. The van der Waals surface area contributed by atoms with Gasteiger partial charge in [-0.05, 0) is 30.5 Å². The Morgan fingerprint density at radius 3 is 2.29 bits per heavy atom. The minimum absolute atomic E-state index is 0.0356. The van der Waals surface area contributed by atoms with Crippen molar-refractivity contribution >= 4 is 22.1 Å². The third-order valence-corrected chi connectivity index (χ3v) is 6.51. The molecule has 6 nitrogen and oxygen atoms in total. The van der Waals surface area contributed by atoms with Crippen LogP contribution >= 0.6 is 12.2 Å². The van der Waals surface area contributed by atoms with Gasteiger partial charge in [-0.25, -0.2) is 13.1 Å². The van der Waals surface area contributed by atoms with Crippen LogP contribution in [0.1, 0.15) is 45.9 Å². The fraction of sp³-hybridized carbons (Fsp3) is 0.875. The molecule has 1 fully saturated rings. The molecule has 2 heterocycles. The fourth-order valence-electron chi connectivity index (χ4n) is 3.36. The summed E-state index contributed by atoms with van der Waals surface area (Å²) < 4.78 is 27.9. The third kappa shape index (κ3) is 4.89. The van der Waals surface area contributed by atoms with Crippen molar-refractivity contribution in [3.8, 4) is 0 Å². The Balaban J connectivity index is 2.21. The van der Waals surface area contributed by atoms with Crippen LogP contribution in [0.3, 0.4) is 0 Å². The minimum Gasteiger partial charge on any atom is -0.307 e. The molecule has 0 amide bonds. The van der Waals surface area contributed by atoms with Gasteiger partial charge in [0.15, 0.2) is 14.6 Å². The van der Waals surface area contributed by atoms with E-state index >= 15 is 0 Å². The van der Waals surface area contributed by atoms with E-state index in [0.29, 0.717) is 29.7 Å². The molecule has 2 rings (SSSR count). The van der Waals surface area contributed by atoms with E-state index in [4.69, 9.17) is 12.2 Å². The van der Waals surface area contributed by atoms with Crippen LogP contribution in [0.5, 0.6) is 0 Å². The van der Waals surface area contributed by atoms with Crippen LogP contribution in [-0.4, -0.2) is 52.3 Å². The average molecular weight is 375 g/mol. The second-order valence-electron chi connectivity index (χ2n) is 7.76. The predicted octanol–water partition coefficient (Wildman–Crippen LogP) is 2.42. The molecule has 1 aromatic rings. The molecule has 1 atom stereocenters. The molecule has 0 aliphatic carbocycles. The molecular weight excluding hydrogens is 344 g/mol. The Morgan fingerprint density at radius 2 is 1.83 bits per heavy atom. The Labute approximate surface area is 150 Å². The van der Waals surface area contributed by atoms with Crippen molar-refractivity contribution in [1.82, 2.24) is 19.2 Å². The first-order valence-corrected chi connectivity index (χ1v) is 10.9. The lowest BCUT2D eigenvalue weighted by atomic mass is 10.1. The largest absolute Gasteiger partial charge is 0.307 e. The van der Waals surface area contributed by atoms with Crippen molar-refractivity contribution in [2.24, 2.45) is 18.9 Å². The minimum atomic E-state index is -2.93. The first-order chi connectivity index (χ1) is 11.1. The van der Waals surface area contributed by atoms with Crippen molar-refractivity contribution in [1.29, 1.82) is 0 Å². The van der Waals surface area contributed by atoms with Gasteiger partial charge in [-0.15, -0.1) is 0 Å². The number of hydrogen-bond donors (Lipinski definition) is 0. The summed E-state index contributed by atoms with van der Waals surface area (Å²) in [5, 5.41) is 4.68. The van der Waals surface area contributed by atoms with E-state index in [1.165, 1.54) is 0 Å². The molecular formula is C16H30N4O2S2. The van der Waals surface area contributed by atoms with E-state index in [1.54, 1.807) is 0 Å². The topological polar surface area (TPSA) is 60.1 Å². The van der Waals surface area contributed by atoms with Crippen molar-refractivity contribution in [2.45, 2.75) is 46.7 Å². The van der Waals surface area contributed by atoms with Crippen LogP contribution in [0.25, 0.3) is 0 Å². The molecule has 0 bridgehead atoms. The second kappa shape index (κ2) is 7.66. The number of hydrogen-bond acceptors (Lipinski definition) is 5. The van der Waals surface area contributed by atoms with Crippen LogP contribution in [0.15, 0.2) is 0 Å². The Kier molecular flexibility index (Phi) is 6.25. The third-order valence-electron chi connectivity index (χ3n) is 4.25. The van der Waals surface area contributed by atoms with Crippen LogP contribution in [0.4, 0.5) is 0 Å². The van der Waals surface area contributed by atoms with E-state index in [0.717, 1.165) is 18.9 Å². The SMILES string of the molecule is CC(C)CN(CC(C)C)Cn1nc(C2CCS(=O)(=O)C2)n(C)c1=S. The Bertz CT molecular complexity index is 709. The average Bonchev–Trinajstić information content (AvgIpc) is 2.91. The monoisotopic (exact) mass is 374 g/mol. The van der Waals surface area contributed by atoms with E-state index < -0.39 is 9.84 Å². The van der Waals surface area contributed by atoms with Crippen molar-refractivity contribution < 1.29 is 8.42 Å². The molecule has 0 aromatic carbocycles. The van der Waals surface area contributed by atoms with Crippen molar-refractivity contribution in [3.63, 3.8) is 0 Å². The quantitative estimate of drug-likeness (QED) is 0.686. The normalized spacial score (nSPS) is 20.6. The van der Waals surface area contributed by atoms with Crippen LogP contribution < -0.4 is 0 Å². The van der Waals surface area contributed by atoms with Gasteiger partial charge in [0.05, 0.1) is 18.2 Å². The maximum Gasteiger partial charge on any atom is 0.198 e. The molecule has 1 saturated heterocycles. The lowest BCUT2D eigenvalue weighted by Gasteiger charge is -2.25. The Morgan fingerprint density at radius 1 is 1.25 bits per heavy atom. The van der Waals surface area contributed by atoms with Gasteiger partial charge in [-0.1, -0.05) is 27.7 Å². The fourth-order valence-corrected chi connectivity index (χ4v) is 5.29. The van der Waals surface area contributed by atoms with E-state index in [-0.39, 0.29) is 17.4 Å². The van der Waals surface area contributed by atoms with Gasteiger partial charge < -0.3 is 4.57 Å². The molecule has 138 valence electrons. The molecule has 8 heteroatoms. The molecule has 1 aliphatic heterocycles. The van der Waals surface area contributed by atoms with Crippen LogP contribution in [-0.2, 0) is 23.6 Å². The molecule has 0 spiro atoms. The summed E-state index contributed by atoms with van der Waals surface area (Å²) in [7, 11) is -1.04. The predicted molar refractivity (Wildman–Crippen MR) is 99.3 cm³/mol. The summed E-state index contributed by atoms with van der Waals surface area (Å²) in [6.45, 7) is 11.5. The first kappa shape index (κ1) is 19.6. The zero-order valence-corrected chi connectivity index (χ0v) is 17.0. The first-order valence-electron chi connectivity index (χ1n) is 8.65. The molecule has 1 unspecified atom stereocenters. The molecule has 1 aliphatic rings. The van der Waals surface area contributed by atoms with Gasteiger partial charge in [-0.2, -0.15) is 5.10 Å². The zero-order chi connectivity index (χ0) is 18.1. The molecule has 0 saturated carbocycles. The van der Waals surface area contributed by atoms with E-state index in [2.05, 4.69) is 37.7 Å². The van der Waals surface area contributed by atoms with Crippen molar-refractivity contribution in [2.75, 3.05) is 24.6 Å². The number of aromatic nitrogens is 3. The molecule has 1 aromatic heterocycles. The number of sulfone groups is 1. The highest BCUT2D eigenvalue weighted by molar-refractivity contribution is 7.91. The van der Waals surface area contributed by atoms with E-state index in [9.17, 15) is 8.42 Å². The van der Waals surface area contributed by atoms with Crippen molar-refractivity contribution in [3.05, 3.63) is 10.6 Å². The van der Waals surface area contributed by atoms with Crippen LogP contribution in [0.2, 0.25) is 0 Å². The summed E-state index contributed by atoms with van der Waals surface area (Å²) in [6.07, 6.45) is 0.643. The highest BCUT2D eigenvalue weighted by Gasteiger charge is 2.32. The molecule has 24 heavy (non-hydrogen) atoms. The van der Waals surface area contributed by atoms with Gasteiger partial charge in [0.1, 0.15) is 5.82 Å². The van der Waals surface area contributed by atoms with E-state index in [1.807, 2.05) is 16.3 Å². The number of nitrogens with zero attached hydrogens (tertiary/aromatic N) is 4.